The number of nitrogens with one attached hydrogen (secondary N) is 1. The van der Waals surface area contributed by atoms with Crippen LogP contribution < -0.4 is 5.32 Å². The Balaban J connectivity index is 2.51. The molecule has 1 aliphatic heterocycles. The molecule has 3 nitrogen and oxygen atoms in total. The molecule has 1 aromatic carbocycles. The molecule has 1 aromatic rings. The first-order valence-electron chi connectivity index (χ1n) is 4.94. The standard InChI is InChI=1S/C12H13NO2/c1-8-5-3-4-6-9(8)12(2)7-10(14)13-11(12)15/h3-6H,7H2,1-2H3,(H,13,14,15)/t12-/m0/s1. The highest BCUT2D eigenvalue weighted by Gasteiger charge is 2.44. The predicted octanol–water partition coefficient (Wildman–Crippen LogP) is 1.30. The van der Waals surface area contributed by atoms with Crippen LogP contribution in [0.3, 0.4) is 0 Å². The van der Waals surface area contributed by atoms with E-state index in [9.17, 15) is 9.59 Å². The Labute approximate surface area is 88.5 Å². The Hall–Kier alpha value is -1.64. The summed E-state index contributed by atoms with van der Waals surface area (Å²) in [6.07, 6.45) is 0.247. The van der Waals surface area contributed by atoms with Crippen molar-refractivity contribution in [1.29, 1.82) is 0 Å². The first kappa shape index (κ1) is 9.90. The van der Waals surface area contributed by atoms with Gasteiger partial charge in [-0.15, -0.1) is 0 Å². The molecule has 0 radical (unpaired) electrons. The molecule has 1 heterocycles. The summed E-state index contributed by atoms with van der Waals surface area (Å²) in [4.78, 5) is 22.9. The van der Waals surface area contributed by atoms with E-state index in [1.54, 1.807) is 0 Å². The Kier molecular flexibility index (Phi) is 2.11. The summed E-state index contributed by atoms with van der Waals surface area (Å²) in [7, 11) is 0. The van der Waals surface area contributed by atoms with E-state index in [1.807, 2.05) is 38.1 Å². The molecule has 0 spiro atoms. The van der Waals surface area contributed by atoms with Gasteiger partial charge in [0, 0.05) is 6.42 Å². The van der Waals surface area contributed by atoms with Crippen LogP contribution in [0.15, 0.2) is 24.3 Å². The van der Waals surface area contributed by atoms with Crippen LogP contribution >= 0.6 is 0 Å². The van der Waals surface area contributed by atoms with Crippen molar-refractivity contribution in [2.45, 2.75) is 25.7 Å². The van der Waals surface area contributed by atoms with Gasteiger partial charge in [-0.1, -0.05) is 24.3 Å². The lowest BCUT2D eigenvalue weighted by Gasteiger charge is -2.22. The average molecular weight is 203 g/mol. The van der Waals surface area contributed by atoms with Crippen molar-refractivity contribution in [3.63, 3.8) is 0 Å². The molecular formula is C12H13NO2. The lowest BCUT2D eigenvalue weighted by molar-refractivity contribution is -0.126. The van der Waals surface area contributed by atoms with Crippen molar-refractivity contribution in [2.75, 3.05) is 0 Å². The van der Waals surface area contributed by atoms with Crippen molar-refractivity contribution in [1.82, 2.24) is 5.32 Å². The van der Waals surface area contributed by atoms with E-state index in [0.29, 0.717) is 0 Å². The summed E-state index contributed by atoms with van der Waals surface area (Å²) < 4.78 is 0. The number of carbonyl (C=O) groups is 2. The van der Waals surface area contributed by atoms with Gasteiger partial charge in [-0.25, -0.2) is 0 Å². The van der Waals surface area contributed by atoms with Crippen molar-refractivity contribution in [2.24, 2.45) is 0 Å². The van der Waals surface area contributed by atoms with Crippen LogP contribution in [0.25, 0.3) is 0 Å². The molecule has 3 heteroatoms. The third-order valence-electron chi connectivity index (χ3n) is 3.01. The van der Waals surface area contributed by atoms with E-state index in [1.165, 1.54) is 0 Å². The van der Waals surface area contributed by atoms with Gasteiger partial charge in [0.05, 0.1) is 5.41 Å². The highest BCUT2D eigenvalue weighted by atomic mass is 16.2. The second kappa shape index (κ2) is 3.19. The zero-order valence-corrected chi connectivity index (χ0v) is 8.83. The van der Waals surface area contributed by atoms with Crippen molar-refractivity contribution >= 4 is 11.8 Å². The number of carbonyl (C=O) groups excluding carboxylic acids is 2. The zero-order valence-electron chi connectivity index (χ0n) is 8.83. The van der Waals surface area contributed by atoms with Gasteiger partial charge in [0.25, 0.3) is 0 Å². The Morgan fingerprint density at radius 2 is 1.93 bits per heavy atom. The van der Waals surface area contributed by atoms with Gasteiger partial charge in [0.1, 0.15) is 0 Å². The average Bonchev–Trinajstić information content (AvgIpc) is 2.42. The molecule has 0 bridgehead atoms. The minimum absolute atomic E-state index is 0.189. The summed E-state index contributed by atoms with van der Waals surface area (Å²) in [5.41, 5.74) is 1.29. The lowest BCUT2D eigenvalue weighted by atomic mass is 9.79. The largest absolute Gasteiger partial charge is 0.296 e. The van der Waals surface area contributed by atoms with Gasteiger partial charge in [-0.05, 0) is 25.0 Å². The van der Waals surface area contributed by atoms with Crippen LogP contribution in [0.4, 0.5) is 0 Å². The number of benzene rings is 1. The van der Waals surface area contributed by atoms with Gasteiger partial charge in [0.2, 0.25) is 11.8 Å². The van der Waals surface area contributed by atoms with Gasteiger partial charge in [-0.2, -0.15) is 0 Å². The highest BCUT2D eigenvalue weighted by Crippen LogP contribution is 2.33. The molecule has 15 heavy (non-hydrogen) atoms. The minimum Gasteiger partial charge on any atom is -0.296 e. The molecule has 1 fully saturated rings. The molecule has 78 valence electrons. The van der Waals surface area contributed by atoms with Gasteiger partial charge in [0.15, 0.2) is 0 Å². The minimum atomic E-state index is -0.692. The Bertz CT molecular complexity index is 439. The van der Waals surface area contributed by atoms with Crippen molar-refractivity contribution in [3.8, 4) is 0 Å². The van der Waals surface area contributed by atoms with E-state index in [0.717, 1.165) is 11.1 Å². The van der Waals surface area contributed by atoms with E-state index in [-0.39, 0.29) is 18.2 Å². The fourth-order valence-corrected chi connectivity index (χ4v) is 2.12. The fraction of sp³-hybridized carbons (Fsp3) is 0.333. The quantitative estimate of drug-likeness (QED) is 0.699. The van der Waals surface area contributed by atoms with E-state index < -0.39 is 5.41 Å². The molecule has 1 atom stereocenters. The Morgan fingerprint density at radius 1 is 1.27 bits per heavy atom. The number of hydrogen-bond acceptors (Lipinski definition) is 2. The molecule has 0 aliphatic carbocycles. The van der Waals surface area contributed by atoms with E-state index in [2.05, 4.69) is 5.32 Å². The molecule has 1 saturated heterocycles. The maximum Gasteiger partial charge on any atom is 0.237 e. The fourth-order valence-electron chi connectivity index (χ4n) is 2.12. The van der Waals surface area contributed by atoms with Crippen molar-refractivity contribution in [3.05, 3.63) is 35.4 Å². The molecule has 0 unspecified atom stereocenters. The molecule has 1 aliphatic rings. The van der Waals surface area contributed by atoms with Crippen LogP contribution in [0, 0.1) is 6.92 Å². The van der Waals surface area contributed by atoms with Gasteiger partial charge in [-0.3, -0.25) is 14.9 Å². The van der Waals surface area contributed by atoms with Crippen molar-refractivity contribution < 1.29 is 9.59 Å². The number of rotatable bonds is 1. The molecule has 2 rings (SSSR count). The van der Waals surface area contributed by atoms with E-state index >= 15 is 0 Å². The normalized spacial score (nSPS) is 25.5. The maximum atomic E-state index is 11.7. The molecule has 0 saturated carbocycles. The molecule has 0 aromatic heterocycles. The summed E-state index contributed by atoms with van der Waals surface area (Å²) in [5, 5.41) is 2.36. The summed E-state index contributed by atoms with van der Waals surface area (Å²) in [6.45, 7) is 3.77. The highest BCUT2D eigenvalue weighted by molar-refractivity contribution is 6.08. The van der Waals surface area contributed by atoms with Crippen LogP contribution in [0.1, 0.15) is 24.5 Å². The third-order valence-corrected chi connectivity index (χ3v) is 3.01. The third kappa shape index (κ3) is 1.44. The van der Waals surface area contributed by atoms with Crippen LogP contribution in [0.5, 0.6) is 0 Å². The topological polar surface area (TPSA) is 46.2 Å². The number of hydrogen-bond donors (Lipinski definition) is 1. The zero-order chi connectivity index (χ0) is 11.1. The summed E-state index contributed by atoms with van der Waals surface area (Å²) in [6, 6.07) is 7.69. The van der Waals surface area contributed by atoms with Gasteiger partial charge < -0.3 is 0 Å². The summed E-state index contributed by atoms with van der Waals surface area (Å²) in [5.74, 6) is -0.382. The number of aryl methyl sites for hydroxylation is 1. The lowest BCUT2D eigenvalue weighted by Crippen LogP contribution is -2.33. The maximum absolute atomic E-state index is 11.7. The second-order valence-corrected chi connectivity index (χ2v) is 4.20. The van der Waals surface area contributed by atoms with Gasteiger partial charge >= 0.3 is 0 Å². The molecule has 2 amide bonds. The molecule has 1 N–H and O–H groups in total. The second-order valence-electron chi connectivity index (χ2n) is 4.20. The van der Waals surface area contributed by atoms with Crippen LogP contribution in [0.2, 0.25) is 0 Å². The number of amides is 2. The summed E-state index contributed by atoms with van der Waals surface area (Å²) >= 11 is 0. The number of imide groups is 1. The van der Waals surface area contributed by atoms with Crippen LogP contribution in [-0.4, -0.2) is 11.8 Å². The smallest absolute Gasteiger partial charge is 0.237 e. The monoisotopic (exact) mass is 203 g/mol. The Morgan fingerprint density at radius 3 is 2.47 bits per heavy atom. The predicted molar refractivity (Wildman–Crippen MR) is 56.3 cm³/mol. The first-order valence-corrected chi connectivity index (χ1v) is 4.94. The van der Waals surface area contributed by atoms with E-state index in [4.69, 9.17) is 0 Å². The molecular weight excluding hydrogens is 190 g/mol. The SMILES string of the molecule is Cc1ccccc1[C@]1(C)CC(=O)NC1=O. The first-order chi connectivity index (χ1) is 7.04. The van der Waals surface area contributed by atoms with Crippen LogP contribution in [-0.2, 0) is 15.0 Å².